The molecule has 0 saturated heterocycles. The SMILES string of the molecule is COc1ccc([C@H]2CC(c3c(O)n(C)c(=O)[nH]c3=O)=Nc3ccccc3S2)cc1. The van der Waals surface area contributed by atoms with E-state index in [1.54, 1.807) is 18.9 Å². The highest BCUT2D eigenvalue weighted by atomic mass is 32.2. The van der Waals surface area contributed by atoms with Gasteiger partial charge in [-0.25, -0.2) is 4.79 Å². The van der Waals surface area contributed by atoms with Crippen molar-refractivity contribution in [2.24, 2.45) is 12.0 Å². The van der Waals surface area contributed by atoms with Crippen molar-refractivity contribution in [1.29, 1.82) is 0 Å². The summed E-state index contributed by atoms with van der Waals surface area (Å²) in [5.74, 6) is 0.365. The highest BCUT2D eigenvalue weighted by Gasteiger charge is 2.26. The number of hydrogen-bond donors (Lipinski definition) is 2. The minimum atomic E-state index is -0.674. The molecule has 0 bridgehead atoms. The average molecular weight is 409 g/mol. The lowest BCUT2D eigenvalue weighted by molar-refractivity contribution is 0.414. The molecule has 3 aromatic rings. The van der Waals surface area contributed by atoms with Crippen LogP contribution in [0.15, 0.2) is 68.0 Å². The van der Waals surface area contributed by atoms with Gasteiger partial charge >= 0.3 is 5.69 Å². The van der Waals surface area contributed by atoms with Gasteiger partial charge in [0.05, 0.1) is 18.5 Å². The fourth-order valence-corrected chi connectivity index (χ4v) is 4.47. The fraction of sp³-hybridized carbons (Fsp3) is 0.190. The summed E-state index contributed by atoms with van der Waals surface area (Å²) in [4.78, 5) is 32.2. The molecule has 0 spiro atoms. The first-order valence-electron chi connectivity index (χ1n) is 8.97. The molecule has 1 aliphatic rings. The first-order valence-corrected chi connectivity index (χ1v) is 9.85. The van der Waals surface area contributed by atoms with Crippen LogP contribution >= 0.6 is 11.8 Å². The van der Waals surface area contributed by atoms with Gasteiger partial charge in [0.2, 0.25) is 5.88 Å². The largest absolute Gasteiger partial charge is 0.497 e. The van der Waals surface area contributed by atoms with Gasteiger partial charge in [-0.15, -0.1) is 11.8 Å². The zero-order chi connectivity index (χ0) is 20.5. The molecule has 0 fully saturated rings. The standard InChI is InChI=1S/C21H19N3O4S/c1-24-20(26)18(19(25)23-21(24)27)15-11-17(12-7-9-13(28-2)10-8-12)29-16-6-4-3-5-14(16)22-15/h3-10,17,26H,11H2,1-2H3,(H,23,25,27)/t17-/m1/s1. The topological polar surface area (TPSA) is 96.7 Å². The lowest BCUT2D eigenvalue weighted by Gasteiger charge is -2.17. The van der Waals surface area contributed by atoms with E-state index in [0.29, 0.717) is 12.1 Å². The van der Waals surface area contributed by atoms with Gasteiger partial charge in [-0.1, -0.05) is 24.3 Å². The minimum absolute atomic E-state index is 0.0166. The van der Waals surface area contributed by atoms with E-state index in [0.717, 1.165) is 26.5 Å². The van der Waals surface area contributed by atoms with Crippen LogP contribution in [0.1, 0.15) is 22.8 Å². The van der Waals surface area contributed by atoms with Crippen molar-refractivity contribution in [3.63, 3.8) is 0 Å². The van der Waals surface area contributed by atoms with E-state index >= 15 is 0 Å². The molecule has 148 valence electrons. The third-order valence-electron chi connectivity index (χ3n) is 4.84. The molecule has 0 aliphatic carbocycles. The first-order chi connectivity index (χ1) is 14.0. The van der Waals surface area contributed by atoms with Crippen LogP contribution in [-0.2, 0) is 7.05 Å². The Labute approximate surface area is 170 Å². The second-order valence-corrected chi connectivity index (χ2v) is 7.87. The van der Waals surface area contributed by atoms with Crippen LogP contribution in [0.4, 0.5) is 5.69 Å². The molecule has 8 heteroatoms. The normalized spacial score (nSPS) is 15.9. The second kappa shape index (κ2) is 7.63. The van der Waals surface area contributed by atoms with Crippen molar-refractivity contribution in [2.75, 3.05) is 7.11 Å². The van der Waals surface area contributed by atoms with Gasteiger partial charge in [-0.3, -0.25) is 19.3 Å². The van der Waals surface area contributed by atoms with E-state index in [1.807, 2.05) is 48.5 Å². The molecule has 0 radical (unpaired) electrons. The van der Waals surface area contributed by atoms with Crippen LogP contribution in [-0.4, -0.2) is 27.5 Å². The summed E-state index contributed by atoms with van der Waals surface area (Å²) in [5, 5.41) is 10.5. The summed E-state index contributed by atoms with van der Waals surface area (Å²) in [6, 6.07) is 15.4. The molecule has 0 unspecified atom stereocenters. The lowest BCUT2D eigenvalue weighted by atomic mass is 10.0. The Bertz CT molecular complexity index is 1210. The molecule has 1 atom stereocenters. The Morgan fingerprint density at radius 1 is 1.17 bits per heavy atom. The van der Waals surface area contributed by atoms with Gasteiger partial charge in [-0.2, -0.15) is 0 Å². The number of H-pyrrole nitrogens is 1. The number of aromatic hydroxyl groups is 1. The molecular weight excluding hydrogens is 390 g/mol. The zero-order valence-electron chi connectivity index (χ0n) is 15.9. The third-order valence-corrected chi connectivity index (χ3v) is 6.16. The Hall–Kier alpha value is -3.26. The number of hydrogen-bond acceptors (Lipinski definition) is 6. The maximum absolute atomic E-state index is 12.5. The molecule has 0 amide bonds. The number of fused-ring (bicyclic) bond motifs is 1. The van der Waals surface area contributed by atoms with Gasteiger partial charge < -0.3 is 9.84 Å². The number of nitrogens with zero attached hydrogens (tertiary/aromatic N) is 2. The maximum atomic E-state index is 12.5. The molecule has 2 aromatic carbocycles. The number of aliphatic imine (C=N–C) groups is 1. The summed E-state index contributed by atoms with van der Waals surface area (Å²) in [6.07, 6.45) is 0.403. The Morgan fingerprint density at radius 2 is 1.90 bits per heavy atom. The van der Waals surface area contributed by atoms with Crippen LogP contribution < -0.4 is 16.0 Å². The van der Waals surface area contributed by atoms with E-state index in [2.05, 4.69) is 9.98 Å². The summed E-state index contributed by atoms with van der Waals surface area (Å²) < 4.78 is 6.25. The van der Waals surface area contributed by atoms with E-state index in [-0.39, 0.29) is 10.8 Å². The zero-order valence-corrected chi connectivity index (χ0v) is 16.7. The molecule has 7 nitrogen and oxygen atoms in total. The summed E-state index contributed by atoms with van der Waals surface area (Å²) in [5.41, 5.74) is 0.881. The van der Waals surface area contributed by atoms with Crippen molar-refractivity contribution in [3.8, 4) is 11.6 Å². The smallest absolute Gasteiger partial charge is 0.330 e. The molecular formula is C21H19N3O4S. The van der Waals surface area contributed by atoms with Gasteiger partial charge in [0.1, 0.15) is 11.3 Å². The number of rotatable bonds is 3. The van der Waals surface area contributed by atoms with Crippen LogP contribution in [0, 0.1) is 0 Å². The predicted octanol–water partition coefficient (Wildman–Crippen LogP) is 3.15. The lowest BCUT2D eigenvalue weighted by Crippen LogP contribution is -2.32. The van der Waals surface area contributed by atoms with Gasteiger partial charge in [0.25, 0.3) is 5.56 Å². The summed E-state index contributed by atoms with van der Waals surface area (Å²) >= 11 is 1.64. The molecule has 29 heavy (non-hydrogen) atoms. The quantitative estimate of drug-likeness (QED) is 0.693. The highest BCUT2D eigenvalue weighted by molar-refractivity contribution is 7.99. The molecule has 4 rings (SSSR count). The first kappa shape index (κ1) is 19.1. The Balaban J connectivity index is 1.87. The second-order valence-electron chi connectivity index (χ2n) is 6.63. The van der Waals surface area contributed by atoms with Gasteiger partial charge in [-0.05, 0) is 29.8 Å². The highest BCUT2D eigenvalue weighted by Crippen LogP contribution is 2.45. The average Bonchev–Trinajstić information content (AvgIpc) is 2.92. The summed E-state index contributed by atoms with van der Waals surface area (Å²) in [6.45, 7) is 0. The van der Waals surface area contributed by atoms with Crippen LogP contribution in [0.5, 0.6) is 11.6 Å². The van der Waals surface area contributed by atoms with E-state index in [1.165, 1.54) is 7.05 Å². The van der Waals surface area contributed by atoms with E-state index < -0.39 is 17.1 Å². The number of aromatic nitrogens is 2. The Morgan fingerprint density at radius 3 is 2.62 bits per heavy atom. The number of nitrogens with one attached hydrogen (secondary N) is 1. The fourth-order valence-electron chi connectivity index (χ4n) is 3.24. The third kappa shape index (κ3) is 3.58. The van der Waals surface area contributed by atoms with Gasteiger partial charge in [0, 0.05) is 23.6 Å². The number of aromatic amines is 1. The minimum Gasteiger partial charge on any atom is -0.497 e. The number of para-hydroxylation sites is 1. The number of methoxy groups -OCH3 is 1. The number of benzene rings is 2. The van der Waals surface area contributed by atoms with Crippen molar-refractivity contribution in [3.05, 3.63) is 80.5 Å². The van der Waals surface area contributed by atoms with Crippen LogP contribution in [0.25, 0.3) is 0 Å². The van der Waals surface area contributed by atoms with E-state index in [9.17, 15) is 14.7 Å². The number of thioether (sulfide) groups is 1. The van der Waals surface area contributed by atoms with E-state index in [4.69, 9.17) is 4.74 Å². The van der Waals surface area contributed by atoms with Crippen LogP contribution in [0.3, 0.4) is 0 Å². The van der Waals surface area contributed by atoms with Crippen molar-refractivity contribution in [2.45, 2.75) is 16.6 Å². The molecule has 2 heterocycles. The molecule has 2 N–H and O–H groups in total. The number of ether oxygens (including phenoxy) is 1. The van der Waals surface area contributed by atoms with Crippen molar-refractivity contribution >= 4 is 23.2 Å². The predicted molar refractivity (Wildman–Crippen MR) is 113 cm³/mol. The van der Waals surface area contributed by atoms with Gasteiger partial charge in [0.15, 0.2) is 0 Å². The Kier molecular flexibility index (Phi) is 5.02. The van der Waals surface area contributed by atoms with Crippen molar-refractivity contribution in [1.82, 2.24) is 9.55 Å². The summed E-state index contributed by atoms with van der Waals surface area (Å²) in [7, 11) is 3.02. The molecule has 1 aliphatic heterocycles. The maximum Gasteiger partial charge on any atom is 0.330 e. The van der Waals surface area contributed by atoms with Crippen molar-refractivity contribution < 1.29 is 9.84 Å². The van der Waals surface area contributed by atoms with Crippen LogP contribution in [0.2, 0.25) is 0 Å². The molecule has 0 saturated carbocycles. The molecule has 1 aromatic heterocycles. The monoisotopic (exact) mass is 409 g/mol.